The molecule has 0 radical (unpaired) electrons. The molecule has 4 rings (SSSR count). The van der Waals surface area contributed by atoms with Gasteiger partial charge in [-0.2, -0.15) is 0 Å². The Bertz CT molecular complexity index is 914. The number of rotatable bonds is 1. The predicted octanol–water partition coefficient (Wildman–Crippen LogP) is 3.80. The van der Waals surface area contributed by atoms with Gasteiger partial charge in [0.1, 0.15) is 4.47 Å². The first-order valence-corrected chi connectivity index (χ1v) is 8.78. The van der Waals surface area contributed by atoms with Gasteiger partial charge in [-0.25, -0.2) is 0 Å². The van der Waals surface area contributed by atoms with Gasteiger partial charge >= 0.3 is 0 Å². The quantitative estimate of drug-likeness (QED) is 0.491. The van der Waals surface area contributed by atoms with Crippen LogP contribution in [0.1, 0.15) is 11.1 Å². The molecule has 0 spiro atoms. The lowest BCUT2D eigenvalue weighted by molar-refractivity contribution is -0.385. The Morgan fingerprint density at radius 3 is 2.12 bits per heavy atom. The molecule has 2 aromatic rings. The van der Waals surface area contributed by atoms with Crippen LogP contribution in [-0.4, -0.2) is 16.7 Å². The second-order valence-electron chi connectivity index (χ2n) is 5.40. The predicted molar refractivity (Wildman–Crippen MR) is 99.6 cm³/mol. The van der Waals surface area contributed by atoms with Gasteiger partial charge in [-0.05, 0) is 39.7 Å². The van der Waals surface area contributed by atoms with Crippen LogP contribution in [-0.2, 0) is 22.4 Å². The number of nitrogens with one attached hydrogen (secondary N) is 2. The Morgan fingerprint density at radius 1 is 0.920 bits per heavy atom. The van der Waals surface area contributed by atoms with Gasteiger partial charge in [-0.3, -0.25) is 19.7 Å². The van der Waals surface area contributed by atoms with E-state index in [1.165, 1.54) is 6.07 Å². The highest BCUT2D eigenvalue weighted by atomic mass is 79.9. The van der Waals surface area contributed by atoms with Crippen molar-refractivity contribution >= 4 is 60.7 Å². The monoisotopic (exact) mass is 467 g/mol. The molecule has 2 amide bonds. The number of nitro groups is 1. The number of amides is 2. The van der Waals surface area contributed by atoms with E-state index in [-0.39, 0.29) is 23.9 Å². The van der Waals surface area contributed by atoms with E-state index in [4.69, 9.17) is 0 Å². The van der Waals surface area contributed by atoms with Crippen LogP contribution in [0.2, 0.25) is 0 Å². The molecule has 0 fully saturated rings. The van der Waals surface area contributed by atoms with Crippen LogP contribution in [0, 0.1) is 10.1 Å². The number of anilines is 2. The number of nitro benzene ring substituents is 1. The summed E-state index contributed by atoms with van der Waals surface area (Å²) in [7, 11) is 0. The minimum Gasteiger partial charge on any atom is -0.325 e. The molecule has 9 heteroatoms. The fourth-order valence-corrected chi connectivity index (χ4v) is 3.74. The highest BCUT2D eigenvalue weighted by molar-refractivity contribution is 9.11. The van der Waals surface area contributed by atoms with Crippen LogP contribution in [0.5, 0.6) is 0 Å². The third-order valence-corrected chi connectivity index (χ3v) is 5.39. The first-order valence-electron chi connectivity index (χ1n) is 7.19. The fourth-order valence-electron chi connectivity index (χ4n) is 2.61. The molecule has 2 aliphatic heterocycles. The minimum atomic E-state index is -0.479. The normalized spacial score (nSPS) is 14.0. The van der Waals surface area contributed by atoms with Crippen LogP contribution in [0.25, 0.3) is 0 Å². The van der Waals surface area contributed by atoms with E-state index in [2.05, 4.69) is 42.5 Å². The summed E-state index contributed by atoms with van der Waals surface area (Å²) in [4.78, 5) is 32.0. The third-order valence-electron chi connectivity index (χ3n) is 3.76. The summed E-state index contributed by atoms with van der Waals surface area (Å²) < 4.78 is 1.40. The topological polar surface area (TPSA) is 101 Å². The van der Waals surface area contributed by atoms with Gasteiger partial charge in [0.15, 0.2) is 0 Å². The van der Waals surface area contributed by atoms with E-state index in [0.29, 0.717) is 22.1 Å². The van der Waals surface area contributed by atoms with Crippen molar-refractivity contribution in [3.05, 3.63) is 60.5 Å². The highest BCUT2D eigenvalue weighted by Gasteiger charge is 2.25. The summed E-state index contributed by atoms with van der Waals surface area (Å²) in [5.74, 6) is -0.0619. The van der Waals surface area contributed by atoms with E-state index >= 15 is 0 Å². The molecule has 0 atom stereocenters. The van der Waals surface area contributed by atoms with E-state index in [1.807, 2.05) is 18.2 Å². The Balaban J connectivity index is 0.000000150. The lowest BCUT2D eigenvalue weighted by Gasteiger charge is -2.01. The molecule has 0 bridgehead atoms. The van der Waals surface area contributed by atoms with Crippen LogP contribution in [0.15, 0.2) is 39.3 Å². The molecule has 0 aromatic heterocycles. The first kappa shape index (κ1) is 17.6. The summed E-state index contributed by atoms with van der Waals surface area (Å²) in [6.07, 6.45) is 0.689. The van der Waals surface area contributed by atoms with Gasteiger partial charge in [0.2, 0.25) is 11.8 Å². The SMILES string of the molecule is O=C1Cc2c(Br)cccc2N1.O=C1Cc2c(ccc([N+](=O)[O-])c2Br)N1. The summed E-state index contributed by atoms with van der Waals surface area (Å²) in [6, 6.07) is 8.68. The third kappa shape index (κ3) is 3.57. The molecular formula is C16H11Br2N3O4. The molecule has 25 heavy (non-hydrogen) atoms. The van der Waals surface area contributed by atoms with E-state index < -0.39 is 4.92 Å². The Kier molecular flexibility index (Phi) is 4.87. The summed E-state index contributed by atoms with van der Waals surface area (Å²) >= 11 is 6.51. The van der Waals surface area contributed by atoms with Gasteiger partial charge in [-0.1, -0.05) is 22.0 Å². The maximum atomic E-state index is 11.0. The van der Waals surface area contributed by atoms with E-state index in [0.717, 1.165) is 15.7 Å². The summed E-state index contributed by atoms with van der Waals surface area (Å²) in [6.45, 7) is 0. The zero-order valence-corrected chi connectivity index (χ0v) is 15.8. The number of carbonyl (C=O) groups excluding carboxylic acids is 2. The Hall–Kier alpha value is -2.26. The maximum Gasteiger partial charge on any atom is 0.283 e. The summed E-state index contributed by atoms with van der Waals surface area (Å²) in [5.41, 5.74) is 3.29. The van der Waals surface area contributed by atoms with Crippen molar-refractivity contribution in [1.29, 1.82) is 0 Å². The Morgan fingerprint density at radius 2 is 1.52 bits per heavy atom. The van der Waals surface area contributed by atoms with Crippen LogP contribution < -0.4 is 10.6 Å². The largest absolute Gasteiger partial charge is 0.325 e. The zero-order valence-electron chi connectivity index (χ0n) is 12.6. The van der Waals surface area contributed by atoms with Gasteiger partial charge in [0, 0.05) is 27.5 Å². The lowest BCUT2D eigenvalue weighted by atomic mass is 10.1. The molecule has 2 aromatic carbocycles. The zero-order chi connectivity index (χ0) is 18.1. The molecule has 2 heterocycles. The van der Waals surface area contributed by atoms with Crippen LogP contribution in [0.4, 0.5) is 17.1 Å². The van der Waals surface area contributed by atoms with Crippen molar-refractivity contribution in [1.82, 2.24) is 0 Å². The molecule has 0 unspecified atom stereocenters. The molecule has 2 N–H and O–H groups in total. The second kappa shape index (κ2) is 6.93. The lowest BCUT2D eigenvalue weighted by Crippen LogP contribution is -2.03. The van der Waals surface area contributed by atoms with Gasteiger partial charge in [0.05, 0.1) is 17.8 Å². The fraction of sp³-hybridized carbons (Fsp3) is 0.125. The molecule has 128 valence electrons. The van der Waals surface area contributed by atoms with Crippen molar-refractivity contribution < 1.29 is 14.5 Å². The molecular weight excluding hydrogens is 458 g/mol. The molecule has 0 aliphatic carbocycles. The molecule has 2 aliphatic rings. The average Bonchev–Trinajstić information content (AvgIpc) is 3.11. The number of hydrogen-bond acceptors (Lipinski definition) is 4. The van der Waals surface area contributed by atoms with E-state index in [9.17, 15) is 19.7 Å². The van der Waals surface area contributed by atoms with Crippen molar-refractivity contribution in [2.75, 3.05) is 10.6 Å². The minimum absolute atomic E-state index is 0.0137. The van der Waals surface area contributed by atoms with Crippen molar-refractivity contribution in [3.8, 4) is 0 Å². The smallest absolute Gasteiger partial charge is 0.283 e. The van der Waals surface area contributed by atoms with Crippen molar-refractivity contribution in [2.45, 2.75) is 12.8 Å². The van der Waals surface area contributed by atoms with Gasteiger partial charge in [-0.15, -0.1) is 0 Å². The number of fused-ring (bicyclic) bond motifs is 2. The maximum absolute atomic E-state index is 11.0. The first-order chi connectivity index (χ1) is 11.9. The molecule has 0 saturated heterocycles. The molecule has 7 nitrogen and oxygen atoms in total. The number of carbonyl (C=O) groups is 2. The standard InChI is InChI=1S/C8H5BrN2O3.C8H6BrNO/c9-8-4-3-7(12)10-5(4)1-2-6(8)11(13)14;9-6-2-1-3-7-5(6)4-8(11)10-7/h1-2H,3H2,(H,10,12);1-3H,4H2,(H,10,11). The van der Waals surface area contributed by atoms with Gasteiger partial charge < -0.3 is 10.6 Å². The summed E-state index contributed by atoms with van der Waals surface area (Å²) in [5, 5.41) is 16.0. The van der Waals surface area contributed by atoms with Crippen molar-refractivity contribution in [3.63, 3.8) is 0 Å². The Labute approximate surface area is 159 Å². The highest BCUT2D eigenvalue weighted by Crippen LogP contribution is 2.36. The number of nitrogens with zero attached hydrogens (tertiary/aromatic N) is 1. The second-order valence-corrected chi connectivity index (χ2v) is 7.05. The van der Waals surface area contributed by atoms with E-state index in [1.54, 1.807) is 6.07 Å². The van der Waals surface area contributed by atoms with Crippen molar-refractivity contribution in [2.24, 2.45) is 0 Å². The average molecular weight is 469 g/mol. The molecule has 0 saturated carbocycles. The number of halogens is 2. The number of hydrogen-bond donors (Lipinski definition) is 2. The van der Waals surface area contributed by atoms with Crippen LogP contribution >= 0.6 is 31.9 Å². The van der Waals surface area contributed by atoms with Gasteiger partial charge in [0.25, 0.3) is 5.69 Å². The number of benzene rings is 2. The van der Waals surface area contributed by atoms with Crippen LogP contribution in [0.3, 0.4) is 0 Å².